The third-order valence-corrected chi connectivity index (χ3v) is 6.56. The van der Waals surface area contributed by atoms with Crippen LogP contribution in [0.15, 0.2) is 52.3 Å². The highest BCUT2D eigenvalue weighted by Gasteiger charge is 2.39. The molecule has 1 aromatic heterocycles. The largest absolute Gasteiger partial charge is 0.369 e. The van der Waals surface area contributed by atoms with E-state index in [1.54, 1.807) is 30.3 Å². The lowest BCUT2D eigenvalue weighted by atomic mass is 9.98. The molecule has 0 spiro atoms. The number of aromatic nitrogens is 1. The smallest absolute Gasteiger partial charge is 0.211 e. The Labute approximate surface area is 155 Å². The molecule has 0 aliphatic carbocycles. The van der Waals surface area contributed by atoms with E-state index in [2.05, 4.69) is 10.3 Å². The summed E-state index contributed by atoms with van der Waals surface area (Å²) in [5, 5.41) is 3.73. The standard InChI is InChI=1S/C19H15ClN2O3S/c1-2-10-21-19-18-16(15-12(20)7-5-8-13(15)22-19)17(23)11-6-3-4-9-14(11)26(18,24)25/h3-9H,2,10H2,1H3,(H,21,22). The molecule has 1 aliphatic heterocycles. The van der Waals surface area contributed by atoms with Crippen LogP contribution in [0.1, 0.15) is 29.3 Å². The van der Waals surface area contributed by atoms with Crippen LogP contribution in [0.2, 0.25) is 5.02 Å². The van der Waals surface area contributed by atoms with Gasteiger partial charge in [0.15, 0.2) is 5.78 Å². The van der Waals surface area contributed by atoms with Gasteiger partial charge in [-0.05, 0) is 30.7 Å². The molecule has 2 heterocycles. The summed E-state index contributed by atoms with van der Waals surface area (Å²) in [6.07, 6.45) is 0.786. The van der Waals surface area contributed by atoms with Crippen molar-refractivity contribution >= 4 is 43.9 Å². The fourth-order valence-corrected chi connectivity index (χ4v) is 5.26. The predicted molar refractivity (Wildman–Crippen MR) is 101 cm³/mol. The fourth-order valence-electron chi connectivity index (χ4n) is 3.23. The average Bonchev–Trinajstić information content (AvgIpc) is 2.64. The maximum Gasteiger partial charge on any atom is 0.211 e. The quantitative estimate of drug-likeness (QED) is 0.574. The number of fused-ring (bicyclic) bond motifs is 4. The number of nitrogens with zero attached hydrogens (tertiary/aromatic N) is 1. The molecular weight excluding hydrogens is 372 g/mol. The van der Waals surface area contributed by atoms with Gasteiger partial charge in [0, 0.05) is 17.5 Å². The molecule has 0 saturated carbocycles. The molecule has 1 aliphatic rings. The Morgan fingerprint density at radius 1 is 1.12 bits per heavy atom. The van der Waals surface area contributed by atoms with Crippen LogP contribution >= 0.6 is 11.6 Å². The van der Waals surface area contributed by atoms with Crippen molar-refractivity contribution in [3.63, 3.8) is 0 Å². The van der Waals surface area contributed by atoms with Crippen LogP contribution in [0.3, 0.4) is 0 Å². The number of anilines is 1. The molecule has 3 aromatic rings. The minimum atomic E-state index is -3.91. The molecule has 5 nitrogen and oxygen atoms in total. The zero-order chi connectivity index (χ0) is 18.5. The maximum atomic E-state index is 13.3. The van der Waals surface area contributed by atoms with E-state index in [4.69, 9.17) is 11.6 Å². The summed E-state index contributed by atoms with van der Waals surface area (Å²) in [5.74, 6) is -0.162. The van der Waals surface area contributed by atoms with Crippen LogP contribution in [0, 0.1) is 0 Å². The van der Waals surface area contributed by atoms with Gasteiger partial charge < -0.3 is 5.32 Å². The highest BCUT2D eigenvalue weighted by atomic mass is 35.5. The van der Waals surface area contributed by atoms with Crippen molar-refractivity contribution in [2.45, 2.75) is 23.1 Å². The summed E-state index contributed by atoms with van der Waals surface area (Å²) in [7, 11) is -3.91. The number of halogens is 1. The second-order valence-electron chi connectivity index (χ2n) is 6.05. The fraction of sp³-hybridized carbons (Fsp3) is 0.158. The lowest BCUT2D eigenvalue weighted by Crippen LogP contribution is -2.23. The molecule has 132 valence electrons. The Kier molecular flexibility index (Phi) is 3.97. The Morgan fingerprint density at radius 2 is 1.88 bits per heavy atom. The second-order valence-corrected chi connectivity index (χ2v) is 8.32. The van der Waals surface area contributed by atoms with Crippen LogP contribution in [0.4, 0.5) is 5.82 Å². The summed E-state index contributed by atoms with van der Waals surface area (Å²) in [5.41, 5.74) is 0.740. The minimum absolute atomic E-state index is 0.00486. The Balaban J connectivity index is 2.19. The topological polar surface area (TPSA) is 76.1 Å². The minimum Gasteiger partial charge on any atom is -0.369 e. The lowest BCUT2D eigenvalue weighted by molar-refractivity contribution is 0.103. The molecule has 26 heavy (non-hydrogen) atoms. The monoisotopic (exact) mass is 386 g/mol. The number of nitrogens with one attached hydrogen (secondary N) is 1. The number of carbonyl (C=O) groups excluding carboxylic acids is 1. The molecule has 0 radical (unpaired) electrons. The molecule has 0 unspecified atom stereocenters. The van der Waals surface area contributed by atoms with Gasteiger partial charge in [0.1, 0.15) is 10.7 Å². The normalized spacial score (nSPS) is 14.8. The number of rotatable bonds is 3. The molecule has 0 atom stereocenters. The van der Waals surface area contributed by atoms with Gasteiger partial charge in [-0.1, -0.05) is 36.7 Å². The number of pyridine rings is 1. The van der Waals surface area contributed by atoms with Crippen molar-refractivity contribution in [2.24, 2.45) is 0 Å². The van der Waals surface area contributed by atoms with Gasteiger partial charge in [-0.25, -0.2) is 13.4 Å². The number of ketones is 1. The van der Waals surface area contributed by atoms with Crippen molar-refractivity contribution < 1.29 is 13.2 Å². The molecule has 7 heteroatoms. The second kappa shape index (κ2) is 6.07. The summed E-state index contributed by atoms with van der Waals surface area (Å²) < 4.78 is 26.6. The van der Waals surface area contributed by atoms with Crippen molar-refractivity contribution in [3.8, 4) is 0 Å². The van der Waals surface area contributed by atoms with Crippen molar-refractivity contribution in [1.29, 1.82) is 0 Å². The van der Waals surface area contributed by atoms with E-state index < -0.39 is 9.84 Å². The van der Waals surface area contributed by atoms with Crippen LogP contribution < -0.4 is 5.32 Å². The number of hydrogen-bond donors (Lipinski definition) is 1. The summed E-state index contributed by atoms with van der Waals surface area (Å²) in [6.45, 7) is 2.50. The molecule has 0 amide bonds. The number of sulfone groups is 1. The van der Waals surface area contributed by atoms with Crippen molar-refractivity contribution in [2.75, 3.05) is 11.9 Å². The van der Waals surface area contributed by atoms with E-state index in [1.165, 1.54) is 12.1 Å². The van der Waals surface area contributed by atoms with E-state index in [9.17, 15) is 13.2 Å². The van der Waals surface area contributed by atoms with Crippen LogP contribution in [0.5, 0.6) is 0 Å². The van der Waals surface area contributed by atoms with E-state index in [1.807, 2.05) is 6.92 Å². The molecule has 0 fully saturated rings. The molecule has 1 N–H and O–H groups in total. The third-order valence-electron chi connectivity index (χ3n) is 4.38. The molecule has 4 rings (SSSR count). The lowest BCUT2D eigenvalue weighted by Gasteiger charge is -2.23. The zero-order valence-electron chi connectivity index (χ0n) is 13.9. The summed E-state index contributed by atoms with van der Waals surface area (Å²) in [6, 6.07) is 11.3. The van der Waals surface area contributed by atoms with E-state index in [-0.39, 0.29) is 32.5 Å². The molecule has 2 aromatic carbocycles. The first-order valence-corrected chi connectivity index (χ1v) is 10.1. The van der Waals surface area contributed by atoms with Gasteiger partial charge in [0.2, 0.25) is 9.84 Å². The van der Waals surface area contributed by atoms with Gasteiger partial charge in [-0.2, -0.15) is 0 Å². The van der Waals surface area contributed by atoms with E-state index in [0.29, 0.717) is 22.5 Å². The molecular formula is C19H15ClN2O3S. The number of carbonyl (C=O) groups is 1. The summed E-state index contributed by atoms with van der Waals surface area (Å²) >= 11 is 6.33. The highest BCUT2D eigenvalue weighted by molar-refractivity contribution is 7.92. The van der Waals surface area contributed by atoms with E-state index in [0.717, 1.165) is 6.42 Å². The third kappa shape index (κ3) is 2.33. The van der Waals surface area contributed by atoms with Crippen molar-refractivity contribution in [3.05, 3.63) is 58.6 Å². The van der Waals surface area contributed by atoms with Crippen LogP contribution in [-0.4, -0.2) is 25.7 Å². The summed E-state index contributed by atoms with van der Waals surface area (Å²) in [4.78, 5) is 17.6. The van der Waals surface area contributed by atoms with Gasteiger partial charge in [-0.15, -0.1) is 0 Å². The molecule has 0 bridgehead atoms. The zero-order valence-corrected chi connectivity index (χ0v) is 15.5. The van der Waals surface area contributed by atoms with E-state index >= 15 is 0 Å². The van der Waals surface area contributed by atoms with Crippen LogP contribution in [-0.2, 0) is 9.84 Å². The average molecular weight is 387 g/mol. The predicted octanol–water partition coefficient (Wildman–Crippen LogP) is 4.09. The molecule has 0 saturated heterocycles. The van der Waals surface area contributed by atoms with Crippen molar-refractivity contribution in [1.82, 2.24) is 4.98 Å². The van der Waals surface area contributed by atoms with Gasteiger partial charge in [-0.3, -0.25) is 4.79 Å². The Morgan fingerprint density at radius 3 is 2.65 bits per heavy atom. The van der Waals surface area contributed by atoms with Gasteiger partial charge >= 0.3 is 0 Å². The number of benzene rings is 2. The van der Waals surface area contributed by atoms with Crippen LogP contribution in [0.25, 0.3) is 10.9 Å². The first kappa shape index (κ1) is 17.0. The van der Waals surface area contributed by atoms with Gasteiger partial charge in [0.05, 0.1) is 21.0 Å². The highest BCUT2D eigenvalue weighted by Crippen LogP contribution is 2.42. The Hall–Kier alpha value is -2.44. The number of hydrogen-bond acceptors (Lipinski definition) is 5. The first-order chi connectivity index (χ1) is 12.5. The first-order valence-electron chi connectivity index (χ1n) is 8.21. The SMILES string of the molecule is CCCNc1nc2cccc(Cl)c2c2c1S(=O)(=O)c1ccccc1C2=O. The Bertz CT molecular complexity index is 1170. The van der Waals surface area contributed by atoms with Gasteiger partial charge in [0.25, 0.3) is 0 Å². The maximum absolute atomic E-state index is 13.3.